The summed E-state index contributed by atoms with van der Waals surface area (Å²) in [6.07, 6.45) is 5.69. The molecule has 1 aromatic carbocycles. The van der Waals surface area contributed by atoms with Crippen LogP contribution in [0.4, 0.5) is 0 Å². The summed E-state index contributed by atoms with van der Waals surface area (Å²) in [6, 6.07) is 4.88. The first-order valence-corrected chi connectivity index (χ1v) is 11.9. The molecule has 3 rings (SSSR count). The van der Waals surface area contributed by atoms with E-state index in [1.807, 2.05) is 4.90 Å². The maximum absolute atomic E-state index is 13.1. The Balaban J connectivity index is 1.63. The maximum atomic E-state index is 13.1. The van der Waals surface area contributed by atoms with E-state index in [1.165, 1.54) is 12.8 Å². The molecule has 2 aliphatic rings. The third kappa shape index (κ3) is 5.68. The molecule has 2 atom stereocenters. The van der Waals surface area contributed by atoms with Gasteiger partial charge in [-0.15, -0.1) is 0 Å². The minimum Gasteiger partial charge on any atom is -0.354 e. The zero-order valence-electron chi connectivity index (χ0n) is 18.0. The van der Waals surface area contributed by atoms with Crippen molar-refractivity contribution in [3.8, 4) is 0 Å². The summed E-state index contributed by atoms with van der Waals surface area (Å²) < 4.78 is 0. The lowest BCUT2D eigenvalue weighted by Crippen LogP contribution is -2.58. The molecule has 0 aromatic heterocycles. The Morgan fingerprint density at radius 3 is 2.40 bits per heavy atom. The number of carbonyl (C=O) groups is 2. The van der Waals surface area contributed by atoms with E-state index in [4.69, 9.17) is 23.2 Å². The van der Waals surface area contributed by atoms with Crippen molar-refractivity contribution in [1.82, 2.24) is 15.1 Å². The lowest BCUT2D eigenvalue weighted by molar-refractivity contribution is -0.129. The van der Waals surface area contributed by atoms with E-state index in [-0.39, 0.29) is 17.9 Å². The fourth-order valence-electron chi connectivity index (χ4n) is 4.51. The Morgan fingerprint density at radius 1 is 1.13 bits per heavy atom. The van der Waals surface area contributed by atoms with Gasteiger partial charge in [0.1, 0.15) is 0 Å². The van der Waals surface area contributed by atoms with Crippen LogP contribution in [0.2, 0.25) is 10.0 Å². The average molecular weight is 454 g/mol. The van der Waals surface area contributed by atoms with Crippen molar-refractivity contribution in [2.45, 2.75) is 52.0 Å². The highest BCUT2D eigenvalue weighted by Gasteiger charge is 2.37. The van der Waals surface area contributed by atoms with Crippen molar-refractivity contribution in [1.29, 1.82) is 0 Å². The van der Waals surface area contributed by atoms with Crippen LogP contribution in [-0.4, -0.2) is 60.4 Å². The van der Waals surface area contributed by atoms with E-state index in [0.29, 0.717) is 53.6 Å². The topological polar surface area (TPSA) is 52.7 Å². The smallest absolute Gasteiger partial charge is 0.255 e. The first kappa shape index (κ1) is 23.4. The van der Waals surface area contributed by atoms with Crippen LogP contribution in [0.3, 0.4) is 0 Å². The Kier molecular flexibility index (Phi) is 8.44. The molecule has 30 heavy (non-hydrogen) atoms. The van der Waals surface area contributed by atoms with Gasteiger partial charge >= 0.3 is 0 Å². The highest BCUT2D eigenvalue weighted by Crippen LogP contribution is 2.31. The standard InChI is InChI=1S/C23H33Cl2N3O2/c1-3-16(2)15-26-22(29)21(17-6-4-5-7-17)27-10-12-28(13-11-27)23(30)19-9-8-18(24)14-20(19)25/h8-9,14,16-17,21H,3-7,10-13,15H2,1-2H3,(H,26,29)/t16-,21-/m1/s1. The second-order valence-corrected chi connectivity index (χ2v) is 9.54. The fraction of sp³-hybridized carbons (Fsp3) is 0.652. The Labute approximate surface area is 190 Å². The van der Waals surface area contributed by atoms with Gasteiger partial charge in [0.25, 0.3) is 5.91 Å². The number of benzene rings is 1. The van der Waals surface area contributed by atoms with Gasteiger partial charge in [-0.25, -0.2) is 0 Å². The fourth-order valence-corrected chi connectivity index (χ4v) is 5.00. The highest BCUT2D eigenvalue weighted by molar-refractivity contribution is 6.36. The van der Waals surface area contributed by atoms with Crippen LogP contribution in [0.5, 0.6) is 0 Å². The third-order valence-corrected chi connectivity index (χ3v) is 7.14. The number of nitrogens with zero attached hydrogens (tertiary/aromatic N) is 2. The van der Waals surface area contributed by atoms with Gasteiger partial charge in [0.05, 0.1) is 16.6 Å². The Bertz CT molecular complexity index is 744. The van der Waals surface area contributed by atoms with Gasteiger partial charge in [-0.1, -0.05) is 56.3 Å². The zero-order valence-corrected chi connectivity index (χ0v) is 19.5. The lowest BCUT2D eigenvalue weighted by atomic mass is 9.94. The Morgan fingerprint density at radius 2 is 1.80 bits per heavy atom. The van der Waals surface area contributed by atoms with Crippen LogP contribution < -0.4 is 5.32 Å². The van der Waals surface area contributed by atoms with Crippen LogP contribution in [0.1, 0.15) is 56.3 Å². The number of rotatable bonds is 7. The van der Waals surface area contributed by atoms with Crippen molar-refractivity contribution < 1.29 is 9.59 Å². The molecular formula is C23H33Cl2N3O2. The molecule has 166 valence electrons. The molecular weight excluding hydrogens is 421 g/mol. The first-order chi connectivity index (χ1) is 14.4. The van der Waals surface area contributed by atoms with E-state index < -0.39 is 0 Å². The van der Waals surface area contributed by atoms with Gasteiger partial charge in [-0.3, -0.25) is 14.5 Å². The quantitative estimate of drug-likeness (QED) is 0.662. The van der Waals surface area contributed by atoms with Crippen molar-refractivity contribution in [2.75, 3.05) is 32.7 Å². The van der Waals surface area contributed by atoms with Crippen molar-refractivity contribution >= 4 is 35.0 Å². The van der Waals surface area contributed by atoms with Crippen LogP contribution in [0.25, 0.3) is 0 Å². The van der Waals surface area contributed by atoms with Crippen LogP contribution >= 0.6 is 23.2 Å². The molecule has 0 unspecified atom stereocenters. The summed E-state index contributed by atoms with van der Waals surface area (Å²) in [6.45, 7) is 7.64. The van der Waals surface area contributed by atoms with E-state index in [1.54, 1.807) is 18.2 Å². The first-order valence-electron chi connectivity index (χ1n) is 11.2. The maximum Gasteiger partial charge on any atom is 0.255 e. The number of piperazine rings is 1. The molecule has 2 amide bonds. The minimum absolute atomic E-state index is 0.0741. The summed E-state index contributed by atoms with van der Waals surface area (Å²) in [4.78, 5) is 30.1. The van der Waals surface area contributed by atoms with E-state index in [0.717, 1.165) is 25.8 Å². The number of hydrogen-bond acceptors (Lipinski definition) is 3. The average Bonchev–Trinajstić information content (AvgIpc) is 3.26. The molecule has 2 fully saturated rings. The number of hydrogen-bond donors (Lipinski definition) is 1. The molecule has 0 radical (unpaired) electrons. The van der Waals surface area contributed by atoms with Gasteiger partial charge in [-0.05, 0) is 42.9 Å². The zero-order chi connectivity index (χ0) is 21.7. The van der Waals surface area contributed by atoms with E-state index >= 15 is 0 Å². The number of nitrogens with one attached hydrogen (secondary N) is 1. The normalized spacial score (nSPS) is 20.2. The van der Waals surface area contributed by atoms with Gasteiger partial charge < -0.3 is 10.2 Å². The van der Waals surface area contributed by atoms with Crippen LogP contribution in [0, 0.1) is 11.8 Å². The largest absolute Gasteiger partial charge is 0.354 e. The lowest BCUT2D eigenvalue weighted by Gasteiger charge is -2.41. The van der Waals surface area contributed by atoms with Gasteiger partial charge in [-0.2, -0.15) is 0 Å². The monoisotopic (exact) mass is 453 g/mol. The summed E-state index contributed by atoms with van der Waals surface area (Å²) in [7, 11) is 0. The number of halogens is 2. The predicted molar refractivity (Wildman–Crippen MR) is 122 cm³/mol. The molecule has 7 heteroatoms. The molecule has 0 bridgehead atoms. The second kappa shape index (κ2) is 10.8. The van der Waals surface area contributed by atoms with Crippen molar-refractivity contribution in [3.05, 3.63) is 33.8 Å². The predicted octanol–water partition coefficient (Wildman–Crippen LogP) is 4.47. The summed E-state index contributed by atoms with van der Waals surface area (Å²) in [5.41, 5.74) is 0.480. The third-order valence-electron chi connectivity index (χ3n) is 6.59. The number of amides is 2. The van der Waals surface area contributed by atoms with Gasteiger partial charge in [0, 0.05) is 37.7 Å². The molecule has 1 saturated heterocycles. The van der Waals surface area contributed by atoms with Crippen molar-refractivity contribution in [2.24, 2.45) is 11.8 Å². The summed E-state index contributed by atoms with van der Waals surface area (Å²) in [5, 5.41) is 4.08. The van der Waals surface area contributed by atoms with Gasteiger partial charge in [0.2, 0.25) is 5.91 Å². The molecule has 1 saturated carbocycles. The molecule has 1 aromatic rings. The molecule has 1 aliphatic heterocycles. The van der Waals surface area contributed by atoms with E-state index in [9.17, 15) is 9.59 Å². The van der Waals surface area contributed by atoms with Crippen molar-refractivity contribution in [3.63, 3.8) is 0 Å². The molecule has 1 N–H and O–H groups in total. The molecule has 1 aliphatic carbocycles. The Hall–Kier alpha value is -1.30. The minimum atomic E-state index is -0.0899. The van der Waals surface area contributed by atoms with E-state index in [2.05, 4.69) is 24.1 Å². The molecule has 0 spiro atoms. The highest BCUT2D eigenvalue weighted by atomic mass is 35.5. The molecule has 5 nitrogen and oxygen atoms in total. The number of carbonyl (C=O) groups excluding carboxylic acids is 2. The van der Waals surface area contributed by atoms with Gasteiger partial charge in [0.15, 0.2) is 0 Å². The summed E-state index contributed by atoms with van der Waals surface area (Å²) >= 11 is 12.2. The molecule has 1 heterocycles. The second-order valence-electron chi connectivity index (χ2n) is 8.70. The summed E-state index contributed by atoms with van der Waals surface area (Å²) in [5.74, 6) is 0.976. The SMILES string of the molecule is CC[C@@H](C)CNC(=O)[C@@H](C1CCCC1)N1CCN(C(=O)c2ccc(Cl)cc2Cl)CC1. The van der Waals surface area contributed by atoms with Crippen LogP contribution in [0.15, 0.2) is 18.2 Å². The van der Waals surface area contributed by atoms with Crippen LogP contribution in [-0.2, 0) is 4.79 Å².